The van der Waals surface area contributed by atoms with Crippen LogP contribution < -0.4 is 9.64 Å². The van der Waals surface area contributed by atoms with Crippen molar-refractivity contribution in [2.75, 3.05) is 38.2 Å². The van der Waals surface area contributed by atoms with Crippen LogP contribution in [0.15, 0.2) is 36.4 Å². The fraction of sp³-hybridized carbons (Fsp3) is 0.533. The second-order valence-electron chi connectivity index (χ2n) is 11.1. The van der Waals surface area contributed by atoms with E-state index in [1.54, 1.807) is 11.9 Å². The highest BCUT2D eigenvalue weighted by atomic mass is 35.5. The van der Waals surface area contributed by atoms with Crippen LogP contribution in [0.4, 0.5) is 5.69 Å². The van der Waals surface area contributed by atoms with Crippen molar-refractivity contribution < 1.29 is 19.4 Å². The number of anilines is 1. The number of halogens is 1. The van der Waals surface area contributed by atoms with Crippen molar-refractivity contribution in [1.29, 1.82) is 0 Å². The number of benzene rings is 2. The summed E-state index contributed by atoms with van der Waals surface area (Å²) >= 11 is 6.35. The Balaban J connectivity index is 1.54. The Kier molecular flexibility index (Phi) is 7.66. The second-order valence-corrected chi connectivity index (χ2v) is 11.5. The summed E-state index contributed by atoms with van der Waals surface area (Å²) in [7, 11) is 1.78. The molecular weight excluding hydrogens is 488 g/mol. The lowest BCUT2D eigenvalue weighted by Gasteiger charge is -2.41. The molecule has 0 aromatic heterocycles. The Morgan fingerprint density at radius 3 is 2.65 bits per heavy atom. The number of aryl methyl sites for hydroxylation is 1. The summed E-state index contributed by atoms with van der Waals surface area (Å²) in [5.41, 5.74) is 4.08. The molecule has 0 unspecified atom stereocenters. The van der Waals surface area contributed by atoms with Crippen molar-refractivity contribution >= 4 is 29.2 Å². The highest BCUT2D eigenvalue weighted by Gasteiger charge is 2.42. The van der Waals surface area contributed by atoms with Crippen LogP contribution >= 0.6 is 11.6 Å². The fourth-order valence-corrected chi connectivity index (χ4v) is 6.56. The number of fused-ring (bicyclic) bond motifs is 3. The van der Waals surface area contributed by atoms with E-state index in [2.05, 4.69) is 17.0 Å². The van der Waals surface area contributed by atoms with Crippen LogP contribution in [0.25, 0.3) is 0 Å². The number of ether oxygens (including phenoxy) is 1. The number of aliphatic carboxylic acids is 1. The van der Waals surface area contributed by atoms with Gasteiger partial charge in [-0.2, -0.15) is 0 Å². The van der Waals surface area contributed by atoms with Gasteiger partial charge in [-0.25, -0.2) is 0 Å². The van der Waals surface area contributed by atoms with Gasteiger partial charge in [-0.1, -0.05) is 43.0 Å². The zero-order chi connectivity index (χ0) is 26.0. The predicted molar refractivity (Wildman–Crippen MR) is 146 cm³/mol. The highest BCUT2D eigenvalue weighted by Crippen LogP contribution is 2.45. The van der Waals surface area contributed by atoms with Crippen LogP contribution in [0.5, 0.6) is 5.75 Å². The van der Waals surface area contributed by atoms with Crippen molar-refractivity contribution in [3.05, 3.63) is 58.1 Å². The zero-order valence-corrected chi connectivity index (χ0v) is 22.4. The van der Waals surface area contributed by atoms with Gasteiger partial charge in [0.15, 0.2) is 0 Å². The molecule has 1 N–H and O–H groups in total. The van der Waals surface area contributed by atoms with Crippen LogP contribution in [-0.2, 0) is 21.4 Å². The molecule has 3 aliphatic rings. The van der Waals surface area contributed by atoms with Gasteiger partial charge < -0.3 is 19.6 Å². The molecule has 1 aliphatic carbocycles. The zero-order valence-electron chi connectivity index (χ0n) is 21.7. The summed E-state index contributed by atoms with van der Waals surface area (Å²) in [4.78, 5) is 29.3. The molecule has 5 rings (SSSR count). The second kappa shape index (κ2) is 10.9. The fourth-order valence-electron chi connectivity index (χ4n) is 6.37. The first kappa shape index (κ1) is 25.9. The summed E-state index contributed by atoms with van der Waals surface area (Å²) < 4.78 is 6.51. The van der Waals surface area contributed by atoms with Crippen molar-refractivity contribution in [3.63, 3.8) is 0 Å². The van der Waals surface area contributed by atoms with E-state index < -0.39 is 11.9 Å². The van der Waals surface area contributed by atoms with Crippen LogP contribution in [0.2, 0.25) is 5.02 Å². The van der Waals surface area contributed by atoms with Gasteiger partial charge in [0.1, 0.15) is 5.75 Å². The van der Waals surface area contributed by atoms with E-state index in [9.17, 15) is 14.7 Å². The molecule has 7 heteroatoms. The average Bonchev–Trinajstić information content (AvgIpc) is 3.03. The predicted octanol–water partition coefficient (Wildman–Crippen LogP) is 5.79. The van der Waals surface area contributed by atoms with Gasteiger partial charge in [-0.05, 0) is 73.1 Å². The summed E-state index contributed by atoms with van der Waals surface area (Å²) in [6, 6.07) is 12.0. The van der Waals surface area contributed by atoms with E-state index in [0.29, 0.717) is 18.7 Å². The number of nitrogens with zero attached hydrogens (tertiary/aromatic N) is 2. The molecule has 2 aliphatic heterocycles. The molecular formula is C30H37ClN2O4. The van der Waals surface area contributed by atoms with Crippen LogP contribution in [-0.4, -0.2) is 55.2 Å². The number of carbonyl (C=O) groups is 2. The van der Waals surface area contributed by atoms with Crippen molar-refractivity contribution in [3.8, 4) is 5.75 Å². The molecule has 0 saturated heterocycles. The number of hydrogen-bond donors (Lipinski definition) is 1. The minimum Gasteiger partial charge on any atom is -0.490 e. The SMILES string of the molecule is CN1CCCCCCCN2C[C@@]3(CCCc4cc(Cl)ccc43)COc3ccc(cc32)[C@H](C(=O)O)CC1=O. The maximum Gasteiger partial charge on any atom is 0.311 e. The van der Waals surface area contributed by atoms with E-state index in [-0.39, 0.29) is 17.7 Å². The number of carbonyl (C=O) groups excluding carboxylic acids is 1. The van der Waals surface area contributed by atoms with Crippen LogP contribution in [0.1, 0.15) is 74.0 Å². The monoisotopic (exact) mass is 524 g/mol. The minimum absolute atomic E-state index is 0.0381. The van der Waals surface area contributed by atoms with Gasteiger partial charge in [-0.15, -0.1) is 0 Å². The maximum absolute atomic E-state index is 12.9. The molecule has 6 nitrogen and oxygen atoms in total. The normalized spacial score (nSPS) is 24.9. The van der Waals surface area contributed by atoms with Gasteiger partial charge in [0.05, 0.1) is 18.2 Å². The smallest absolute Gasteiger partial charge is 0.311 e. The average molecular weight is 525 g/mol. The Morgan fingerprint density at radius 2 is 1.84 bits per heavy atom. The third-order valence-electron chi connectivity index (χ3n) is 8.49. The third kappa shape index (κ3) is 5.45. The molecule has 37 heavy (non-hydrogen) atoms. The molecule has 2 aromatic rings. The maximum atomic E-state index is 12.9. The lowest BCUT2D eigenvalue weighted by Crippen LogP contribution is -2.46. The summed E-state index contributed by atoms with van der Waals surface area (Å²) in [5.74, 6) is -1.19. The molecule has 0 saturated carbocycles. The molecule has 2 bridgehead atoms. The number of amides is 1. The third-order valence-corrected chi connectivity index (χ3v) is 8.72. The molecule has 0 radical (unpaired) electrons. The summed E-state index contributed by atoms with van der Waals surface area (Å²) in [5, 5.41) is 10.8. The number of carboxylic acids is 1. The van der Waals surface area contributed by atoms with Gasteiger partial charge >= 0.3 is 5.97 Å². The van der Waals surface area contributed by atoms with Crippen molar-refractivity contribution in [1.82, 2.24) is 4.90 Å². The van der Waals surface area contributed by atoms with Gasteiger partial charge in [0, 0.05) is 43.5 Å². The van der Waals surface area contributed by atoms with Gasteiger partial charge in [0.2, 0.25) is 5.91 Å². The Bertz CT molecular complexity index is 1170. The molecule has 2 heterocycles. The molecule has 0 fully saturated rings. The van der Waals surface area contributed by atoms with Crippen LogP contribution in [0, 0.1) is 0 Å². The van der Waals surface area contributed by atoms with E-state index in [1.807, 2.05) is 24.3 Å². The molecule has 1 amide bonds. The van der Waals surface area contributed by atoms with Crippen molar-refractivity contribution in [2.24, 2.45) is 0 Å². The summed E-state index contributed by atoms with van der Waals surface area (Å²) in [6.45, 7) is 2.95. The van der Waals surface area contributed by atoms with E-state index >= 15 is 0 Å². The van der Waals surface area contributed by atoms with Gasteiger partial charge in [-0.3, -0.25) is 9.59 Å². The largest absolute Gasteiger partial charge is 0.490 e. The van der Waals surface area contributed by atoms with Crippen LogP contribution in [0.3, 0.4) is 0 Å². The van der Waals surface area contributed by atoms with E-state index in [1.165, 1.54) is 11.1 Å². The molecule has 2 aromatic carbocycles. The quantitative estimate of drug-likeness (QED) is 0.511. The van der Waals surface area contributed by atoms with E-state index in [0.717, 1.165) is 80.9 Å². The molecule has 198 valence electrons. The standard InChI is InChI=1S/C30H37ClN2O4/c1-32-14-5-3-2-4-6-15-33-19-30(13-7-8-22-16-23(31)10-11-25(22)30)20-37-27-12-9-21(17-26(27)33)24(29(35)36)18-28(32)34/h9-12,16-17,24H,2-8,13-15,18-20H2,1H3,(H,35,36)/t24-,30+/m1/s1. The first-order chi connectivity index (χ1) is 17.9. The topological polar surface area (TPSA) is 70.1 Å². The molecule has 2 atom stereocenters. The lowest BCUT2D eigenvalue weighted by atomic mass is 9.70. The summed E-state index contributed by atoms with van der Waals surface area (Å²) in [6.07, 6.45) is 8.44. The van der Waals surface area contributed by atoms with E-state index in [4.69, 9.17) is 16.3 Å². The lowest BCUT2D eigenvalue weighted by molar-refractivity contribution is -0.142. The number of rotatable bonds is 1. The van der Waals surface area contributed by atoms with Crippen molar-refractivity contribution in [2.45, 2.75) is 69.1 Å². The molecule has 1 spiro atoms. The van der Waals surface area contributed by atoms with Gasteiger partial charge in [0.25, 0.3) is 0 Å². The highest BCUT2D eigenvalue weighted by molar-refractivity contribution is 6.30. The number of hydrogen-bond acceptors (Lipinski definition) is 4. The minimum atomic E-state index is -0.971. The first-order valence-electron chi connectivity index (χ1n) is 13.6. The Labute approximate surface area is 224 Å². The number of carboxylic acid groups (broad SMARTS) is 1. The Morgan fingerprint density at radius 1 is 1.05 bits per heavy atom. The Hall–Kier alpha value is -2.73. The first-order valence-corrected chi connectivity index (χ1v) is 14.0.